The van der Waals surface area contributed by atoms with Crippen molar-refractivity contribution in [2.75, 3.05) is 0 Å². The molecule has 18 heavy (non-hydrogen) atoms. The maximum absolute atomic E-state index is 12.0. The first-order valence-electron chi connectivity index (χ1n) is 6.27. The smallest absolute Gasteiger partial charge is 0.324 e. The number of carbonyl (C=O) groups is 2. The Morgan fingerprint density at radius 3 is 2.50 bits per heavy atom. The summed E-state index contributed by atoms with van der Waals surface area (Å²) in [6, 6.07) is 9.29. The summed E-state index contributed by atoms with van der Waals surface area (Å²) in [5.41, 5.74) is 1.05. The van der Waals surface area contributed by atoms with Gasteiger partial charge in [0.05, 0.1) is 6.04 Å². The van der Waals surface area contributed by atoms with Crippen LogP contribution in [0.25, 0.3) is 0 Å². The molecule has 0 spiro atoms. The lowest BCUT2D eigenvalue weighted by atomic mass is 10.0. The van der Waals surface area contributed by atoms with Crippen LogP contribution in [-0.4, -0.2) is 22.9 Å². The molecule has 0 bridgehead atoms. The summed E-state index contributed by atoms with van der Waals surface area (Å²) in [6.07, 6.45) is 1.05. The van der Waals surface area contributed by atoms with Gasteiger partial charge in [-0.05, 0) is 25.8 Å². The van der Waals surface area contributed by atoms with E-state index in [0.717, 1.165) is 5.56 Å². The Morgan fingerprint density at radius 2 is 1.89 bits per heavy atom. The number of benzene rings is 1. The predicted molar refractivity (Wildman–Crippen MR) is 68.9 cm³/mol. The molecule has 1 atom stereocenters. The average molecular weight is 246 g/mol. The Kier molecular flexibility index (Phi) is 3.65. The summed E-state index contributed by atoms with van der Waals surface area (Å²) in [4.78, 5) is 25.3. The Balaban J connectivity index is 2.20. The van der Waals surface area contributed by atoms with Crippen LogP contribution >= 0.6 is 0 Å². The third-order valence-electron chi connectivity index (χ3n) is 3.15. The van der Waals surface area contributed by atoms with E-state index < -0.39 is 0 Å². The monoisotopic (exact) mass is 246 g/mol. The van der Waals surface area contributed by atoms with Crippen LogP contribution in [-0.2, 0) is 4.79 Å². The number of nitrogens with zero attached hydrogens (tertiary/aromatic N) is 1. The molecular weight excluding hydrogens is 228 g/mol. The molecule has 1 heterocycles. The molecule has 0 radical (unpaired) electrons. The van der Waals surface area contributed by atoms with Gasteiger partial charge in [0.1, 0.15) is 0 Å². The summed E-state index contributed by atoms with van der Waals surface area (Å²) in [6.45, 7) is 3.70. The van der Waals surface area contributed by atoms with Gasteiger partial charge in [0, 0.05) is 12.5 Å². The topological polar surface area (TPSA) is 49.4 Å². The molecule has 1 aromatic rings. The Morgan fingerprint density at radius 1 is 1.22 bits per heavy atom. The molecule has 0 aromatic heterocycles. The van der Waals surface area contributed by atoms with Gasteiger partial charge in [-0.15, -0.1) is 0 Å². The fourth-order valence-electron chi connectivity index (χ4n) is 2.25. The summed E-state index contributed by atoms with van der Waals surface area (Å²) < 4.78 is 0. The maximum atomic E-state index is 12.0. The molecule has 96 valence electrons. The summed E-state index contributed by atoms with van der Waals surface area (Å²) in [7, 11) is 0. The third kappa shape index (κ3) is 2.53. The van der Waals surface area contributed by atoms with Crippen LogP contribution in [0.1, 0.15) is 38.3 Å². The van der Waals surface area contributed by atoms with Gasteiger partial charge in [0.2, 0.25) is 5.91 Å². The van der Waals surface area contributed by atoms with Crippen molar-refractivity contribution in [2.45, 2.75) is 38.8 Å². The lowest BCUT2D eigenvalue weighted by Gasteiger charge is -2.23. The quantitative estimate of drug-likeness (QED) is 0.871. The number of carbonyl (C=O) groups excluding carboxylic acids is 2. The van der Waals surface area contributed by atoms with Gasteiger partial charge < -0.3 is 5.32 Å². The zero-order valence-corrected chi connectivity index (χ0v) is 10.7. The van der Waals surface area contributed by atoms with Gasteiger partial charge >= 0.3 is 6.03 Å². The molecule has 0 aliphatic carbocycles. The van der Waals surface area contributed by atoms with Crippen molar-refractivity contribution < 1.29 is 9.59 Å². The Hall–Kier alpha value is -1.84. The summed E-state index contributed by atoms with van der Waals surface area (Å²) >= 11 is 0. The lowest BCUT2D eigenvalue weighted by Crippen LogP contribution is -2.45. The van der Waals surface area contributed by atoms with Gasteiger partial charge in [0.25, 0.3) is 0 Å². The highest BCUT2D eigenvalue weighted by Gasteiger charge is 2.30. The Labute approximate surface area is 107 Å². The fourth-order valence-corrected chi connectivity index (χ4v) is 2.25. The number of amides is 3. The number of hydrogen-bond acceptors (Lipinski definition) is 2. The minimum Gasteiger partial charge on any atom is -0.331 e. The molecule has 3 amide bonds. The predicted octanol–water partition coefficient (Wildman–Crippen LogP) is 2.47. The standard InChI is InChI=1S/C14H18N2O2/c1-10(2)16-13(17)9-8-12(15-14(16)18)11-6-4-3-5-7-11/h3-7,10,12H,8-9H2,1-2H3,(H,15,18). The molecule has 2 rings (SSSR count). The van der Waals surface area contributed by atoms with Crippen molar-refractivity contribution in [1.82, 2.24) is 10.2 Å². The molecule has 4 heteroatoms. The largest absolute Gasteiger partial charge is 0.331 e. The highest BCUT2D eigenvalue weighted by molar-refractivity contribution is 5.95. The second-order valence-electron chi connectivity index (χ2n) is 4.81. The Bertz CT molecular complexity index is 442. The van der Waals surface area contributed by atoms with E-state index in [0.29, 0.717) is 12.8 Å². The van der Waals surface area contributed by atoms with Crippen LogP contribution in [0.15, 0.2) is 30.3 Å². The lowest BCUT2D eigenvalue weighted by molar-refractivity contribution is -0.129. The van der Waals surface area contributed by atoms with Crippen molar-refractivity contribution in [3.05, 3.63) is 35.9 Å². The number of urea groups is 1. The van der Waals surface area contributed by atoms with Crippen LogP contribution in [0.5, 0.6) is 0 Å². The molecule has 1 aliphatic rings. The van der Waals surface area contributed by atoms with Crippen molar-refractivity contribution >= 4 is 11.9 Å². The molecule has 1 N–H and O–H groups in total. The highest BCUT2D eigenvalue weighted by atomic mass is 16.2. The molecule has 0 saturated carbocycles. The van der Waals surface area contributed by atoms with Crippen LogP contribution in [0, 0.1) is 0 Å². The van der Waals surface area contributed by atoms with Crippen LogP contribution < -0.4 is 5.32 Å². The summed E-state index contributed by atoms with van der Waals surface area (Å²) in [5, 5.41) is 2.92. The van der Waals surface area contributed by atoms with E-state index in [9.17, 15) is 9.59 Å². The first kappa shape index (κ1) is 12.6. The van der Waals surface area contributed by atoms with E-state index >= 15 is 0 Å². The number of rotatable bonds is 2. The van der Waals surface area contributed by atoms with E-state index in [4.69, 9.17) is 0 Å². The minimum atomic E-state index is -0.290. The van der Waals surface area contributed by atoms with Gasteiger partial charge in [0.15, 0.2) is 0 Å². The van der Waals surface area contributed by atoms with Crippen molar-refractivity contribution in [3.63, 3.8) is 0 Å². The van der Waals surface area contributed by atoms with Crippen molar-refractivity contribution in [3.8, 4) is 0 Å². The van der Waals surface area contributed by atoms with Crippen LogP contribution in [0.4, 0.5) is 4.79 Å². The van der Waals surface area contributed by atoms with Gasteiger partial charge in [-0.3, -0.25) is 9.69 Å². The van der Waals surface area contributed by atoms with Crippen LogP contribution in [0.3, 0.4) is 0 Å². The van der Waals surface area contributed by atoms with Crippen molar-refractivity contribution in [2.24, 2.45) is 0 Å². The highest BCUT2D eigenvalue weighted by Crippen LogP contribution is 2.22. The first-order chi connectivity index (χ1) is 8.59. The minimum absolute atomic E-state index is 0.0774. The van der Waals surface area contributed by atoms with E-state index in [1.807, 2.05) is 44.2 Å². The average Bonchev–Trinajstić information content (AvgIpc) is 2.49. The number of imide groups is 1. The van der Waals surface area contributed by atoms with Crippen molar-refractivity contribution in [1.29, 1.82) is 0 Å². The normalized spacial score (nSPS) is 20.8. The molecule has 1 saturated heterocycles. The zero-order valence-electron chi connectivity index (χ0n) is 10.7. The van der Waals surface area contributed by atoms with E-state index in [1.165, 1.54) is 4.90 Å². The first-order valence-corrected chi connectivity index (χ1v) is 6.27. The number of nitrogens with one attached hydrogen (secondary N) is 1. The SMILES string of the molecule is CC(C)N1C(=O)CCC(c2ccccc2)NC1=O. The third-order valence-corrected chi connectivity index (χ3v) is 3.15. The molecule has 1 aliphatic heterocycles. The molecule has 1 aromatic carbocycles. The second-order valence-corrected chi connectivity index (χ2v) is 4.81. The van der Waals surface area contributed by atoms with Gasteiger partial charge in [-0.2, -0.15) is 0 Å². The molecular formula is C14H18N2O2. The summed E-state index contributed by atoms with van der Waals surface area (Å²) in [5.74, 6) is -0.0964. The molecule has 4 nitrogen and oxygen atoms in total. The van der Waals surface area contributed by atoms with Gasteiger partial charge in [-0.1, -0.05) is 30.3 Å². The zero-order chi connectivity index (χ0) is 13.1. The van der Waals surface area contributed by atoms with E-state index in [1.54, 1.807) is 0 Å². The molecule has 1 fully saturated rings. The fraction of sp³-hybridized carbons (Fsp3) is 0.429. The molecule has 1 unspecified atom stereocenters. The van der Waals surface area contributed by atoms with Crippen LogP contribution in [0.2, 0.25) is 0 Å². The van der Waals surface area contributed by atoms with E-state index in [-0.39, 0.29) is 24.0 Å². The second kappa shape index (κ2) is 5.21. The van der Waals surface area contributed by atoms with E-state index in [2.05, 4.69) is 5.32 Å². The number of hydrogen-bond donors (Lipinski definition) is 1. The van der Waals surface area contributed by atoms with Gasteiger partial charge in [-0.25, -0.2) is 4.79 Å². The maximum Gasteiger partial charge on any atom is 0.324 e.